The SMILES string of the molecule is CCCN(CCC)CCC(O)c1cc(Cl)ccc1Cl. The highest BCUT2D eigenvalue weighted by molar-refractivity contribution is 6.33. The number of aliphatic hydroxyl groups excluding tert-OH is 1. The molecule has 1 N–H and O–H groups in total. The molecule has 0 aromatic heterocycles. The quantitative estimate of drug-likeness (QED) is 0.762. The molecule has 108 valence electrons. The van der Waals surface area contributed by atoms with Gasteiger partial charge in [-0.2, -0.15) is 0 Å². The van der Waals surface area contributed by atoms with Crippen molar-refractivity contribution in [1.29, 1.82) is 0 Å². The Hall–Kier alpha value is -0.280. The van der Waals surface area contributed by atoms with E-state index >= 15 is 0 Å². The van der Waals surface area contributed by atoms with Crippen molar-refractivity contribution in [2.45, 2.75) is 39.2 Å². The van der Waals surface area contributed by atoms with E-state index in [1.165, 1.54) is 0 Å². The first-order chi connectivity index (χ1) is 9.08. The van der Waals surface area contributed by atoms with Crippen LogP contribution in [0.2, 0.25) is 10.0 Å². The fourth-order valence-corrected chi connectivity index (χ4v) is 2.62. The zero-order valence-corrected chi connectivity index (χ0v) is 13.2. The summed E-state index contributed by atoms with van der Waals surface area (Å²) < 4.78 is 0. The van der Waals surface area contributed by atoms with Crippen molar-refractivity contribution in [2.75, 3.05) is 19.6 Å². The monoisotopic (exact) mass is 303 g/mol. The van der Waals surface area contributed by atoms with Crippen molar-refractivity contribution in [3.8, 4) is 0 Å². The highest BCUT2D eigenvalue weighted by atomic mass is 35.5. The van der Waals surface area contributed by atoms with E-state index in [9.17, 15) is 5.11 Å². The third-order valence-electron chi connectivity index (χ3n) is 3.12. The zero-order valence-electron chi connectivity index (χ0n) is 11.7. The van der Waals surface area contributed by atoms with Gasteiger partial charge in [-0.3, -0.25) is 0 Å². The van der Waals surface area contributed by atoms with E-state index < -0.39 is 6.10 Å². The molecule has 1 aromatic carbocycles. The standard InChI is InChI=1S/C15H23Cl2NO/c1-3-8-18(9-4-2)10-7-15(19)13-11-12(16)5-6-14(13)17/h5-6,11,15,19H,3-4,7-10H2,1-2H3. The second-order valence-corrected chi connectivity index (χ2v) is 5.66. The van der Waals surface area contributed by atoms with Gasteiger partial charge in [0.2, 0.25) is 0 Å². The topological polar surface area (TPSA) is 23.5 Å². The minimum Gasteiger partial charge on any atom is -0.388 e. The maximum absolute atomic E-state index is 10.2. The van der Waals surface area contributed by atoms with Gasteiger partial charge in [0.25, 0.3) is 0 Å². The Labute approximate surface area is 126 Å². The maximum Gasteiger partial charge on any atom is 0.0817 e. The van der Waals surface area contributed by atoms with Crippen LogP contribution >= 0.6 is 23.2 Å². The molecule has 0 aliphatic heterocycles. The number of hydrogen-bond acceptors (Lipinski definition) is 2. The van der Waals surface area contributed by atoms with Gasteiger partial charge in [-0.1, -0.05) is 37.0 Å². The molecule has 0 bridgehead atoms. The molecule has 0 spiro atoms. The van der Waals surface area contributed by atoms with Gasteiger partial charge >= 0.3 is 0 Å². The van der Waals surface area contributed by atoms with Gasteiger partial charge in [-0.25, -0.2) is 0 Å². The Kier molecular flexibility index (Phi) is 7.77. The van der Waals surface area contributed by atoms with E-state index in [1.54, 1.807) is 18.2 Å². The molecule has 1 atom stereocenters. The molecule has 0 fully saturated rings. The smallest absolute Gasteiger partial charge is 0.0817 e. The normalized spacial score (nSPS) is 12.9. The molecule has 0 saturated carbocycles. The molecule has 0 aliphatic carbocycles. The van der Waals surface area contributed by atoms with Crippen LogP contribution in [-0.4, -0.2) is 29.6 Å². The Morgan fingerprint density at radius 2 is 1.74 bits per heavy atom. The summed E-state index contributed by atoms with van der Waals surface area (Å²) in [5.41, 5.74) is 0.724. The van der Waals surface area contributed by atoms with Crippen LogP contribution in [0.15, 0.2) is 18.2 Å². The molecule has 4 heteroatoms. The van der Waals surface area contributed by atoms with Crippen molar-refractivity contribution in [3.05, 3.63) is 33.8 Å². The number of nitrogens with zero attached hydrogens (tertiary/aromatic N) is 1. The van der Waals surface area contributed by atoms with Crippen LogP contribution in [0.1, 0.15) is 44.8 Å². The second kappa shape index (κ2) is 8.80. The average molecular weight is 304 g/mol. The number of hydrogen-bond donors (Lipinski definition) is 1. The summed E-state index contributed by atoms with van der Waals surface area (Å²) in [5, 5.41) is 11.4. The van der Waals surface area contributed by atoms with E-state index in [0.29, 0.717) is 16.5 Å². The van der Waals surface area contributed by atoms with E-state index in [-0.39, 0.29) is 0 Å². The van der Waals surface area contributed by atoms with Gasteiger partial charge in [-0.15, -0.1) is 0 Å². The van der Waals surface area contributed by atoms with Crippen LogP contribution in [0.5, 0.6) is 0 Å². The summed E-state index contributed by atoms with van der Waals surface area (Å²) in [5.74, 6) is 0. The summed E-state index contributed by atoms with van der Waals surface area (Å²) in [6.45, 7) is 7.37. The summed E-state index contributed by atoms with van der Waals surface area (Å²) in [6, 6.07) is 5.22. The van der Waals surface area contributed by atoms with Crippen LogP contribution in [0.25, 0.3) is 0 Å². The molecule has 1 aromatic rings. The lowest BCUT2D eigenvalue weighted by Gasteiger charge is -2.23. The van der Waals surface area contributed by atoms with Crippen molar-refractivity contribution < 1.29 is 5.11 Å². The van der Waals surface area contributed by atoms with Crippen LogP contribution in [0.3, 0.4) is 0 Å². The third kappa shape index (κ3) is 5.70. The van der Waals surface area contributed by atoms with Gasteiger partial charge in [0.1, 0.15) is 0 Å². The van der Waals surface area contributed by atoms with Crippen LogP contribution in [0.4, 0.5) is 0 Å². The fraction of sp³-hybridized carbons (Fsp3) is 0.600. The minimum absolute atomic E-state index is 0.553. The molecule has 0 heterocycles. The molecule has 0 saturated heterocycles. The lowest BCUT2D eigenvalue weighted by molar-refractivity contribution is 0.142. The van der Waals surface area contributed by atoms with Crippen molar-refractivity contribution >= 4 is 23.2 Å². The molecule has 1 rings (SSSR count). The van der Waals surface area contributed by atoms with Gasteiger partial charge < -0.3 is 10.0 Å². The predicted octanol–water partition coefficient (Wildman–Crippen LogP) is 4.54. The number of rotatable bonds is 8. The zero-order chi connectivity index (χ0) is 14.3. The van der Waals surface area contributed by atoms with Crippen molar-refractivity contribution in [2.24, 2.45) is 0 Å². The van der Waals surface area contributed by atoms with Crippen molar-refractivity contribution in [1.82, 2.24) is 4.90 Å². The fourth-order valence-electron chi connectivity index (χ4n) is 2.20. The third-order valence-corrected chi connectivity index (χ3v) is 3.69. The van der Waals surface area contributed by atoms with Crippen LogP contribution in [0, 0.1) is 0 Å². The van der Waals surface area contributed by atoms with E-state index in [0.717, 1.165) is 38.0 Å². The first kappa shape index (κ1) is 16.8. The molecule has 1 unspecified atom stereocenters. The largest absolute Gasteiger partial charge is 0.388 e. The first-order valence-electron chi connectivity index (χ1n) is 6.93. The Bertz CT molecular complexity index is 378. The van der Waals surface area contributed by atoms with Gasteiger partial charge in [0, 0.05) is 22.2 Å². The van der Waals surface area contributed by atoms with Gasteiger partial charge in [-0.05, 0) is 50.6 Å². The Morgan fingerprint density at radius 3 is 2.32 bits per heavy atom. The molecule has 19 heavy (non-hydrogen) atoms. The summed E-state index contributed by atoms with van der Waals surface area (Å²) in [6.07, 6.45) is 2.39. The summed E-state index contributed by atoms with van der Waals surface area (Å²) >= 11 is 12.0. The highest BCUT2D eigenvalue weighted by Crippen LogP contribution is 2.28. The van der Waals surface area contributed by atoms with Crippen LogP contribution in [-0.2, 0) is 0 Å². The number of benzene rings is 1. The Morgan fingerprint density at radius 1 is 1.11 bits per heavy atom. The van der Waals surface area contributed by atoms with E-state index in [4.69, 9.17) is 23.2 Å². The Balaban J connectivity index is 2.58. The number of halogens is 2. The first-order valence-corrected chi connectivity index (χ1v) is 7.69. The predicted molar refractivity (Wildman–Crippen MR) is 83.1 cm³/mol. The van der Waals surface area contributed by atoms with Gasteiger partial charge in [0.15, 0.2) is 0 Å². The van der Waals surface area contributed by atoms with E-state index in [1.807, 2.05) is 0 Å². The maximum atomic E-state index is 10.2. The second-order valence-electron chi connectivity index (χ2n) is 4.81. The molecule has 0 amide bonds. The summed E-state index contributed by atoms with van der Waals surface area (Å²) in [4.78, 5) is 2.38. The molecule has 2 nitrogen and oxygen atoms in total. The highest BCUT2D eigenvalue weighted by Gasteiger charge is 2.13. The summed E-state index contributed by atoms with van der Waals surface area (Å²) in [7, 11) is 0. The molecular formula is C15H23Cl2NO. The van der Waals surface area contributed by atoms with Gasteiger partial charge in [0.05, 0.1) is 6.10 Å². The van der Waals surface area contributed by atoms with E-state index in [2.05, 4.69) is 18.7 Å². The average Bonchev–Trinajstić information content (AvgIpc) is 2.39. The number of aliphatic hydroxyl groups is 1. The molecular weight excluding hydrogens is 281 g/mol. The minimum atomic E-state index is -0.553. The lowest BCUT2D eigenvalue weighted by Crippen LogP contribution is -2.27. The lowest BCUT2D eigenvalue weighted by atomic mass is 10.1. The van der Waals surface area contributed by atoms with Crippen LogP contribution < -0.4 is 0 Å². The van der Waals surface area contributed by atoms with Crippen molar-refractivity contribution in [3.63, 3.8) is 0 Å². The molecule has 0 radical (unpaired) electrons. The molecule has 0 aliphatic rings.